The molecule has 0 amide bonds. The van der Waals surface area contributed by atoms with Gasteiger partial charge in [-0.3, -0.25) is 9.89 Å². The van der Waals surface area contributed by atoms with E-state index in [0.29, 0.717) is 12.1 Å². The fraction of sp³-hybridized carbons (Fsp3) is 0.556. The van der Waals surface area contributed by atoms with Crippen molar-refractivity contribution in [2.75, 3.05) is 0 Å². The molecule has 0 aromatic carbocycles. The molecule has 2 N–H and O–H groups in total. The van der Waals surface area contributed by atoms with Gasteiger partial charge < -0.3 is 5.11 Å². The minimum absolute atomic E-state index is 0.0547. The molecule has 0 fully saturated rings. The Balaban J connectivity index is 3.41. The molecule has 0 radical (unpaired) electrons. The van der Waals surface area contributed by atoms with Crippen molar-refractivity contribution in [2.45, 2.75) is 33.2 Å². The summed E-state index contributed by atoms with van der Waals surface area (Å²) in [6.45, 7) is 5.45. The van der Waals surface area contributed by atoms with E-state index in [1.807, 2.05) is 20.8 Å². The Morgan fingerprint density at radius 1 is 1.57 bits per heavy atom. The van der Waals surface area contributed by atoms with Crippen molar-refractivity contribution in [2.24, 2.45) is 0 Å². The number of nitrogens with zero attached hydrogens (tertiary/aromatic N) is 1. The Kier molecular flexibility index (Phi) is 2.78. The van der Waals surface area contributed by atoms with Crippen molar-refractivity contribution in [3.63, 3.8) is 0 Å². The van der Waals surface area contributed by atoms with Crippen molar-refractivity contribution in [3.05, 3.63) is 21.6 Å². The standard InChI is InChI=1S/C9H14N2O3/c1-4-6-7(9(13)14)8(12)11(10-6)5(2)3/h5,10H,4H2,1-3H3,(H,13,14). The van der Waals surface area contributed by atoms with Crippen LogP contribution in [0.15, 0.2) is 4.79 Å². The van der Waals surface area contributed by atoms with Crippen LogP contribution >= 0.6 is 0 Å². The lowest BCUT2D eigenvalue weighted by Gasteiger charge is -2.03. The lowest BCUT2D eigenvalue weighted by Crippen LogP contribution is -2.22. The summed E-state index contributed by atoms with van der Waals surface area (Å²) < 4.78 is 1.34. The number of aromatic nitrogens is 2. The molecular weight excluding hydrogens is 184 g/mol. The van der Waals surface area contributed by atoms with Crippen LogP contribution in [0.25, 0.3) is 0 Å². The summed E-state index contributed by atoms with van der Waals surface area (Å²) in [7, 11) is 0. The van der Waals surface area contributed by atoms with Crippen LogP contribution in [0, 0.1) is 0 Å². The van der Waals surface area contributed by atoms with E-state index in [9.17, 15) is 9.59 Å². The smallest absolute Gasteiger partial charge is 0.343 e. The highest BCUT2D eigenvalue weighted by Gasteiger charge is 2.19. The SMILES string of the molecule is CCc1[nH]n(C(C)C)c(=O)c1C(=O)O. The molecule has 0 aliphatic heterocycles. The topological polar surface area (TPSA) is 75.1 Å². The van der Waals surface area contributed by atoms with Gasteiger partial charge >= 0.3 is 5.97 Å². The first-order valence-corrected chi connectivity index (χ1v) is 4.55. The predicted molar refractivity (Wildman–Crippen MR) is 51.8 cm³/mol. The normalized spacial score (nSPS) is 10.9. The molecule has 5 nitrogen and oxygen atoms in total. The second-order valence-corrected chi connectivity index (χ2v) is 3.39. The summed E-state index contributed by atoms with van der Waals surface area (Å²) in [5.74, 6) is -1.16. The number of H-pyrrole nitrogens is 1. The monoisotopic (exact) mass is 198 g/mol. The average molecular weight is 198 g/mol. The average Bonchev–Trinajstić information content (AvgIpc) is 2.42. The van der Waals surface area contributed by atoms with Gasteiger partial charge in [-0.2, -0.15) is 0 Å². The van der Waals surface area contributed by atoms with E-state index in [1.165, 1.54) is 4.68 Å². The molecule has 1 heterocycles. The highest BCUT2D eigenvalue weighted by molar-refractivity contribution is 5.88. The van der Waals surface area contributed by atoms with Crippen molar-refractivity contribution >= 4 is 5.97 Å². The summed E-state index contributed by atoms with van der Waals surface area (Å²) in [5, 5.41) is 11.6. The number of carboxylic acid groups (broad SMARTS) is 1. The molecule has 1 rings (SSSR count). The number of aryl methyl sites for hydroxylation is 1. The first kappa shape index (κ1) is 10.6. The van der Waals surface area contributed by atoms with Crippen LogP contribution < -0.4 is 5.56 Å². The molecule has 1 aromatic heterocycles. The molecule has 0 saturated heterocycles. The Hall–Kier alpha value is -1.52. The Bertz CT molecular complexity index is 401. The first-order valence-electron chi connectivity index (χ1n) is 4.55. The highest BCUT2D eigenvalue weighted by atomic mass is 16.4. The van der Waals surface area contributed by atoms with Crippen LogP contribution in [-0.4, -0.2) is 20.9 Å². The van der Waals surface area contributed by atoms with E-state index in [0.717, 1.165) is 0 Å². The Labute approximate surface area is 81.3 Å². The summed E-state index contributed by atoms with van der Waals surface area (Å²) in [4.78, 5) is 22.4. The van der Waals surface area contributed by atoms with Crippen LogP contribution in [0.4, 0.5) is 0 Å². The summed E-state index contributed by atoms with van der Waals surface area (Å²) >= 11 is 0. The van der Waals surface area contributed by atoms with E-state index < -0.39 is 11.5 Å². The molecule has 0 aliphatic carbocycles. The first-order chi connectivity index (χ1) is 6.49. The number of aromatic amines is 1. The number of carbonyl (C=O) groups is 1. The van der Waals surface area contributed by atoms with Gasteiger partial charge in [0.25, 0.3) is 5.56 Å². The van der Waals surface area contributed by atoms with Gasteiger partial charge in [0.05, 0.1) is 5.69 Å². The zero-order valence-corrected chi connectivity index (χ0v) is 8.50. The van der Waals surface area contributed by atoms with Crippen LogP contribution in [0.2, 0.25) is 0 Å². The van der Waals surface area contributed by atoms with Crippen molar-refractivity contribution < 1.29 is 9.90 Å². The van der Waals surface area contributed by atoms with E-state index >= 15 is 0 Å². The maximum atomic E-state index is 11.6. The van der Waals surface area contributed by atoms with E-state index in [2.05, 4.69) is 5.10 Å². The van der Waals surface area contributed by atoms with Crippen molar-refractivity contribution in [1.82, 2.24) is 9.78 Å². The second kappa shape index (κ2) is 3.69. The van der Waals surface area contributed by atoms with Gasteiger partial charge in [-0.05, 0) is 20.3 Å². The van der Waals surface area contributed by atoms with Gasteiger partial charge in [-0.15, -0.1) is 0 Å². The molecule has 0 aliphatic rings. The van der Waals surface area contributed by atoms with Crippen molar-refractivity contribution in [3.8, 4) is 0 Å². The number of hydrogen-bond donors (Lipinski definition) is 2. The Morgan fingerprint density at radius 3 is 2.43 bits per heavy atom. The number of aromatic carboxylic acids is 1. The van der Waals surface area contributed by atoms with Gasteiger partial charge in [0.1, 0.15) is 5.56 Å². The van der Waals surface area contributed by atoms with Crippen LogP contribution in [0.3, 0.4) is 0 Å². The van der Waals surface area contributed by atoms with Gasteiger partial charge in [-0.25, -0.2) is 9.48 Å². The minimum atomic E-state index is -1.16. The van der Waals surface area contributed by atoms with Gasteiger partial charge in [-0.1, -0.05) is 6.92 Å². The maximum Gasteiger partial charge on any atom is 0.343 e. The number of hydrogen-bond acceptors (Lipinski definition) is 2. The second-order valence-electron chi connectivity index (χ2n) is 3.39. The molecule has 0 spiro atoms. The fourth-order valence-corrected chi connectivity index (χ4v) is 1.34. The fourth-order valence-electron chi connectivity index (χ4n) is 1.34. The molecule has 5 heteroatoms. The molecule has 14 heavy (non-hydrogen) atoms. The number of carboxylic acids is 1. The number of nitrogens with one attached hydrogen (secondary N) is 1. The molecule has 0 unspecified atom stereocenters. The molecule has 0 saturated carbocycles. The number of rotatable bonds is 3. The van der Waals surface area contributed by atoms with E-state index in [-0.39, 0.29) is 11.6 Å². The zero-order chi connectivity index (χ0) is 10.9. The largest absolute Gasteiger partial charge is 0.477 e. The lowest BCUT2D eigenvalue weighted by atomic mass is 10.2. The summed E-state index contributed by atoms with van der Waals surface area (Å²) in [6.07, 6.45) is 0.511. The predicted octanol–water partition coefficient (Wildman–Crippen LogP) is 1.02. The van der Waals surface area contributed by atoms with E-state index in [4.69, 9.17) is 5.11 Å². The van der Waals surface area contributed by atoms with Crippen LogP contribution in [-0.2, 0) is 6.42 Å². The summed E-state index contributed by atoms with van der Waals surface area (Å²) in [5.41, 5.74) is -0.109. The highest BCUT2D eigenvalue weighted by Crippen LogP contribution is 2.06. The van der Waals surface area contributed by atoms with E-state index in [1.54, 1.807) is 0 Å². The molecule has 0 bridgehead atoms. The molecule has 0 atom stereocenters. The van der Waals surface area contributed by atoms with Crippen molar-refractivity contribution in [1.29, 1.82) is 0 Å². The third-order valence-electron chi connectivity index (χ3n) is 2.07. The van der Waals surface area contributed by atoms with Crippen LogP contribution in [0.5, 0.6) is 0 Å². The van der Waals surface area contributed by atoms with Gasteiger partial charge in [0, 0.05) is 6.04 Å². The molecule has 78 valence electrons. The van der Waals surface area contributed by atoms with Gasteiger partial charge in [0.15, 0.2) is 0 Å². The van der Waals surface area contributed by atoms with Gasteiger partial charge in [0.2, 0.25) is 0 Å². The quantitative estimate of drug-likeness (QED) is 0.761. The third kappa shape index (κ3) is 1.57. The minimum Gasteiger partial charge on any atom is -0.477 e. The third-order valence-corrected chi connectivity index (χ3v) is 2.07. The maximum absolute atomic E-state index is 11.6. The molecule has 1 aromatic rings. The zero-order valence-electron chi connectivity index (χ0n) is 8.50. The Morgan fingerprint density at radius 2 is 2.14 bits per heavy atom. The molecular formula is C9H14N2O3. The lowest BCUT2D eigenvalue weighted by molar-refractivity contribution is 0.0694. The van der Waals surface area contributed by atoms with Crippen LogP contribution in [0.1, 0.15) is 42.9 Å². The summed E-state index contributed by atoms with van der Waals surface area (Å²) in [6, 6.07) is -0.0547.